The molecule has 0 aromatic heterocycles. The van der Waals surface area contributed by atoms with Crippen molar-refractivity contribution >= 4 is 10.1 Å². The Hall–Kier alpha value is -0.160. The van der Waals surface area contributed by atoms with E-state index in [9.17, 15) is 12.8 Å². The zero-order valence-corrected chi connectivity index (χ0v) is 7.56. The summed E-state index contributed by atoms with van der Waals surface area (Å²) in [4.78, 5) is 0. The topological polar surface area (TPSA) is 54.4 Å². The van der Waals surface area contributed by atoms with E-state index in [2.05, 4.69) is 0 Å². The maximum atomic E-state index is 12.7. The third-order valence-electron chi connectivity index (χ3n) is 2.17. The standard InChI is InChI=1S/C7H13FO3S/c8-7-3-1-2-6(4-7)5-12(9,10)11/h6-7H,1-5H2,(H,9,10,11). The summed E-state index contributed by atoms with van der Waals surface area (Å²) in [7, 11) is -3.91. The Morgan fingerprint density at radius 3 is 2.58 bits per heavy atom. The predicted octanol–water partition coefficient (Wildman–Crippen LogP) is 1.40. The number of hydrogen-bond acceptors (Lipinski definition) is 2. The molecule has 12 heavy (non-hydrogen) atoms. The minimum absolute atomic E-state index is 0.191. The SMILES string of the molecule is O=S(=O)(O)CC1CCCC(F)C1. The summed E-state index contributed by atoms with van der Waals surface area (Å²) in [6.07, 6.45) is 1.36. The van der Waals surface area contributed by atoms with Gasteiger partial charge in [0.15, 0.2) is 0 Å². The lowest BCUT2D eigenvalue weighted by Gasteiger charge is -2.22. The summed E-state index contributed by atoms with van der Waals surface area (Å²) >= 11 is 0. The van der Waals surface area contributed by atoms with E-state index in [1.807, 2.05) is 0 Å². The highest BCUT2D eigenvalue weighted by Crippen LogP contribution is 2.27. The third kappa shape index (κ3) is 3.49. The molecule has 72 valence electrons. The lowest BCUT2D eigenvalue weighted by atomic mass is 9.89. The van der Waals surface area contributed by atoms with Crippen molar-refractivity contribution in [1.82, 2.24) is 0 Å². The van der Waals surface area contributed by atoms with Crippen LogP contribution in [0.15, 0.2) is 0 Å². The molecular weight excluding hydrogens is 183 g/mol. The minimum atomic E-state index is -3.91. The lowest BCUT2D eigenvalue weighted by Crippen LogP contribution is -2.23. The first-order valence-corrected chi connectivity index (χ1v) is 5.67. The fourth-order valence-corrected chi connectivity index (χ4v) is 2.57. The van der Waals surface area contributed by atoms with Crippen LogP contribution in [0.1, 0.15) is 25.7 Å². The molecule has 3 nitrogen and oxygen atoms in total. The first kappa shape index (κ1) is 9.92. The number of rotatable bonds is 2. The second kappa shape index (κ2) is 3.70. The first-order chi connectivity index (χ1) is 5.47. The quantitative estimate of drug-likeness (QED) is 0.679. The molecule has 1 fully saturated rings. The number of alkyl halides is 1. The Bertz CT molecular complexity index is 237. The van der Waals surface area contributed by atoms with E-state index in [0.717, 1.165) is 6.42 Å². The fraction of sp³-hybridized carbons (Fsp3) is 1.00. The molecule has 1 aliphatic rings. The summed E-state index contributed by atoms with van der Waals surface area (Å²) in [6, 6.07) is 0. The van der Waals surface area contributed by atoms with Gasteiger partial charge in [0.25, 0.3) is 10.1 Å². The second-order valence-electron chi connectivity index (χ2n) is 3.38. The van der Waals surface area contributed by atoms with E-state index in [1.165, 1.54) is 0 Å². The van der Waals surface area contributed by atoms with Crippen LogP contribution in [-0.4, -0.2) is 24.9 Å². The Morgan fingerprint density at radius 2 is 2.08 bits per heavy atom. The summed E-state index contributed by atoms with van der Waals surface area (Å²) in [5.74, 6) is -0.475. The second-order valence-corrected chi connectivity index (χ2v) is 4.88. The molecule has 1 aliphatic carbocycles. The van der Waals surface area contributed by atoms with Crippen molar-refractivity contribution < 1.29 is 17.4 Å². The van der Waals surface area contributed by atoms with Crippen LogP contribution in [0.25, 0.3) is 0 Å². The van der Waals surface area contributed by atoms with Crippen molar-refractivity contribution in [3.05, 3.63) is 0 Å². The average Bonchev–Trinajstić information content (AvgIpc) is 1.82. The van der Waals surface area contributed by atoms with Gasteiger partial charge in [-0.25, -0.2) is 4.39 Å². The molecule has 1 saturated carbocycles. The van der Waals surface area contributed by atoms with E-state index >= 15 is 0 Å². The molecule has 2 atom stereocenters. The van der Waals surface area contributed by atoms with Gasteiger partial charge in [-0.2, -0.15) is 8.42 Å². The normalized spacial score (nSPS) is 31.8. The van der Waals surface area contributed by atoms with Crippen LogP contribution >= 0.6 is 0 Å². The van der Waals surface area contributed by atoms with Crippen LogP contribution in [0.5, 0.6) is 0 Å². The Morgan fingerprint density at radius 1 is 1.42 bits per heavy atom. The van der Waals surface area contributed by atoms with Crippen LogP contribution in [0, 0.1) is 5.92 Å². The predicted molar refractivity (Wildman–Crippen MR) is 43.3 cm³/mol. The van der Waals surface area contributed by atoms with Gasteiger partial charge in [-0.15, -0.1) is 0 Å². The zero-order valence-electron chi connectivity index (χ0n) is 6.74. The molecule has 0 spiro atoms. The fourth-order valence-electron chi connectivity index (χ4n) is 1.67. The van der Waals surface area contributed by atoms with Crippen molar-refractivity contribution in [3.8, 4) is 0 Å². The molecular formula is C7H13FO3S. The van der Waals surface area contributed by atoms with E-state index in [-0.39, 0.29) is 18.1 Å². The molecule has 0 amide bonds. The first-order valence-electron chi connectivity index (χ1n) is 4.06. The summed E-state index contributed by atoms with van der Waals surface area (Å²) in [6.45, 7) is 0. The van der Waals surface area contributed by atoms with E-state index in [0.29, 0.717) is 12.8 Å². The van der Waals surface area contributed by atoms with Crippen LogP contribution in [0.3, 0.4) is 0 Å². The molecule has 0 saturated heterocycles. The van der Waals surface area contributed by atoms with Crippen LogP contribution in [-0.2, 0) is 10.1 Å². The minimum Gasteiger partial charge on any atom is -0.286 e. The van der Waals surface area contributed by atoms with Crippen molar-refractivity contribution in [2.24, 2.45) is 5.92 Å². The third-order valence-corrected chi connectivity index (χ3v) is 3.06. The van der Waals surface area contributed by atoms with E-state index < -0.39 is 16.3 Å². The molecule has 1 rings (SSSR count). The van der Waals surface area contributed by atoms with Gasteiger partial charge in [0.2, 0.25) is 0 Å². The molecule has 0 bridgehead atoms. The van der Waals surface area contributed by atoms with Gasteiger partial charge >= 0.3 is 0 Å². The van der Waals surface area contributed by atoms with Crippen molar-refractivity contribution in [2.45, 2.75) is 31.9 Å². The molecule has 2 unspecified atom stereocenters. The highest BCUT2D eigenvalue weighted by Gasteiger charge is 2.24. The van der Waals surface area contributed by atoms with Gasteiger partial charge in [-0.1, -0.05) is 6.42 Å². The Labute approximate surface area is 71.7 Å². The summed E-state index contributed by atoms with van der Waals surface area (Å²) in [5, 5.41) is 0. The Balaban J connectivity index is 2.43. The van der Waals surface area contributed by atoms with Crippen molar-refractivity contribution in [1.29, 1.82) is 0 Å². The van der Waals surface area contributed by atoms with Crippen molar-refractivity contribution in [3.63, 3.8) is 0 Å². The molecule has 1 N–H and O–H groups in total. The molecule has 0 aromatic rings. The molecule has 5 heteroatoms. The van der Waals surface area contributed by atoms with Crippen LogP contribution in [0.4, 0.5) is 4.39 Å². The highest BCUT2D eigenvalue weighted by molar-refractivity contribution is 7.85. The van der Waals surface area contributed by atoms with Crippen LogP contribution < -0.4 is 0 Å². The average molecular weight is 196 g/mol. The molecule has 0 aliphatic heterocycles. The van der Waals surface area contributed by atoms with Gasteiger partial charge in [0.1, 0.15) is 6.17 Å². The number of halogens is 1. The largest absolute Gasteiger partial charge is 0.286 e. The summed E-state index contributed by atoms with van der Waals surface area (Å²) < 4.78 is 42.1. The maximum Gasteiger partial charge on any atom is 0.265 e. The smallest absolute Gasteiger partial charge is 0.265 e. The van der Waals surface area contributed by atoms with Crippen LogP contribution in [0.2, 0.25) is 0 Å². The highest BCUT2D eigenvalue weighted by atomic mass is 32.2. The maximum absolute atomic E-state index is 12.7. The van der Waals surface area contributed by atoms with E-state index in [4.69, 9.17) is 4.55 Å². The van der Waals surface area contributed by atoms with E-state index in [1.54, 1.807) is 0 Å². The van der Waals surface area contributed by atoms with Gasteiger partial charge in [0, 0.05) is 0 Å². The summed E-state index contributed by atoms with van der Waals surface area (Å²) in [5.41, 5.74) is 0. The van der Waals surface area contributed by atoms with Gasteiger partial charge in [-0.3, -0.25) is 4.55 Å². The van der Waals surface area contributed by atoms with Gasteiger partial charge in [-0.05, 0) is 25.2 Å². The molecule has 0 radical (unpaired) electrons. The lowest BCUT2D eigenvalue weighted by molar-refractivity contribution is 0.208. The zero-order chi connectivity index (χ0) is 9.19. The number of hydrogen-bond donors (Lipinski definition) is 1. The molecule has 0 aromatic carbocycles. The van der Waals surface area contributed by atoms with Crippen molar-refractivity contribution in [2.75, 3.05) is 5.75 Å². The van der Waals surface area contributed by atoms with Gasteiger partial charge < -0.3 is 0 Å². The van der Waals surface area contributed by atoms with Gasteiger partial charge in [0.05, 0.1) is 5.75 Å². The molecule has 0 heterocycles. The monoisotopic (exact) mass is 196 g/mol. The Kier molecular flexibility index (Phi) is 3.06.